The van der Waals surface area contributed by atoms with Gasteiger partial charge in [-0.05, 0) is 42.3 Å². The summed E-state index contributed by atoms with van der Waals surface area (Å²) in [6.45, 7) is 3.50. The molecule has 1 unspecified atom stereocenters. The SMILES string of the molecule is CCCn1cc2c(C3C(=O)Nc4ccc(Br)cc43)nc(NCCc3ccccn3)nc2n1. The third-order valence-corrected chi connectivity index (χ3v) is 5.91. The largest absolute Gasteiger partial charge is 0.354 e. The van der Waals surface area contributed by atoms with Crippen LogP contribution in [0.25, 0.3) is 11.0 Å². The first-order chi connectivity index (χ1) is 15.6. The molecule has 1 aromatic carbocycles. The molecule has 1 aliphatic rings. The molecule has 1 amide bonds. The number of rotatable bonds is 7. The Morgan fingerprint density at radius 3 is 2.94 bits per heavy atom. The highest BCUT2D eigenvalue weighted by Gasteiger charge is 2.35. The van der Waals surface area contributed by atoms with Crippen LogP contribution in [0.3, 0.4) is 0 Å². The third kappa shape index (κ3) is 3.95. The lowest BCUT2D eigenvalue weighted by Crippen LogP contribution is -2.17. The van der Waals surface area contributed by atoms with Crippen LogP contribution < -0.4 is 10.6 Å². The number of nitrogens with zero attached hydrogens (tertiary/aromatic N) is 5. The number of aromatic nitrogens is 5. The predicted molar refractivity (Wildman–Crippen MR) is 127 cm³/mol. The Labute approximate surface area is 193 Å². The summed E-state index contributed by atoms with van der Waals surface area (Å²) in [6.07, 6.45) is 5.41. The van der Waals surface area contributed by atoms with Crippen molar-refractivity contribution < 1.29 is 4.79 Å². The van der Waals surface area contributed by atoms with Gasteiger partial charge in [0.25, 0.3) is 0 Å². The van der Waals surface area contributed by atoms with E-state index in [9.17, 15) is 4.79 Å². The number of fused-ring (bicyclic) bond motifs is 2. The molecule has 0 saturated heterocycles. The van der Waals surface area contributed by atoms with E-state index < -0.39 is 5.92 Å². The first kappa shape index (κ1) is 20.6. The fourth-order valence-corrected chi connectivity index (χ4v) is 4.35. The fraction of sp³-hybridized carbons (Fsp3) is 0.261. The van der Waals surface area contributed by atoms with Crippen molar-refractivity contribution in [3.05, 3.63) is 70.2 Å². The van der Waals surface area contributed by atoms with Crippen LogP contribution >= 0.6 is 15.9 Å². The minimum Gasteiger partial charge on any atom is -0.354 e. The zero-order chi connectivity index (χ0) is 22.1. The van der Waals surface area contributed by atoms with E-state index in [1.165, 1.54) is 0 Å². The molecule has 1 atom stereocenters. The summed E-state index contributed by atoms with van der Waals surface area (Å²) in [5, 5.41) is 11.7. The van der Waals surface area contributed by atoms with E-state index >= 15 is 0 Å². The molecule has 162 valence electrons. The van der Waals surface area contributed by atoms with Gasteiger partial charge in [0, 0.05) is 47.8 Å². The van der Waals surface area contributed by atoms with Gasteiger partial charge in [0.05, 0.1) is 11.1 Å². The van der Waals surface area contributed by atoms with Crippen molar-refractivity contribution in [1.82, 2.24) is 24.7 Å². The zero-order valence-electron chi connectivity index (χ0n) is 17.5. The first-order valence-corrected chi connectivity index (χ1v) is 11.4. The second-order valence-electron chi connectivity index (χ2n) is 7.71. The Bertz CT molecular complexity index is 1290. The maximum Gasteiger partial charge on any atom is 0.238 e. The van der Waals surface area contributed by atoms with E-state index in [2.05, 4.69) is 48.6 Å². The number of amides is 1. The Balaban J connectivity index is 1.53. The van der Waals surface area contributed by atoms with E-state index in [-0.39, 0.29) is 5.91 Å². The Hall–Kier alpha value is -3.33. The minimum absolute atomic E-state index is 0.0965. The fourth-order valence-electron chi connectivity index (χ4n) is 3.97. The van der Waals surface area contributed by atoms with Gasteiger partial charge in [-0.3, -0.25) is 14.5 Å². The molecule has 4 aromatic rings. The Morgan fingerprint density at radius 2 is 2.12 bits per heavy atom. The molecule has 8 nitrogen and oxygen atoms in total. The highest BCUT2D eigenvalue weighted by atomic mass is 79.9. The number of pyridine rings is 1. The van der Waals surface area contributed by atoms with Crippen molar-refractivity contribution in [3.8, 4) is 0 Å². The molecule has 0 radical (unpaired) electrons. The Morgan fingerprint density at radius 1 is 1.22 bits per heavy atom. The van der Waals surface area contributed by atoms with Gasteiger partial charge in [-0.1, -0.05) is 28.9 Å². The van der Waals surface area contributed by atoms with E-state index in [1.807, 2.05) is 47.3 Å². The summed E-state index contributed by atoms with van der Waals surface area (Å²) >= 11 is 3.52. The van der Waals surface area contributed by atoms with Crippen molar-refractivity contribution >= 4 is 44.5 Å². The number of aryl methyl sites for hydroxylation is 1. The maximum absolute atomic E-state index is 13.0. The molecule has 9 heteroatoms. The molecule has 32 heavy (non-hydrogen) atoms. The molecule has 2 N–H and O–H groups in total. The highest BCUT2D eigenvalue weighted by Crippen LogP contribution is 2.40. The number of hydrogen-bond acceptors (Lipinski definition) is 6. The standard InChI is InChI=1S/C23H22BrN7O/c1-2-11-31-13-17-20(19-16-12-14(24)6-7-18(16)27-22(19)32)28-23(29-21(17)30-31)26-10-8-15-5-3-4-9-25-15/h3-7,9,12-13,19H,2,8,10-11H2,1H3,(H,27,32)(H,26,29,30). The normalized spacial score (nSPS) is 15.1. The third-order valence-electron chi connectivity index (χ3n) is 5.42. The van der Waals surface area contributed by atoms with Crippen LogP contribution in [0.5, 0.6) is 0 Å². The number of carbonyl (C=O) groups is 1. The number of halogens is 1. The molecule has 0 saturated carbocycles. The van der Waals surface area contributed by atoms with Crippen molar-refractivity contribution in [2.24, 2.45) is 0 Å². The number of anilines is 2. The van der Waals surface area contributed by atoms with E-state index in [0.29, 0.717) is 23.8 Å². The molecule has 3 aromatic heterocycles. The molecular weight excluding hydrogens is 470 g/mol. The average Bonchev–Trinajstić information content (AvgIpc) is 3.33. The summed E-state index contributed by atoms with van der Waals surface area (Å²) < 4.78 is 2.79. The highest BCUT2D eigenvalue weighted by molar-refractivity contribution is 9.10. The second kappa shape index (κ2) is 8.66. The molecule has 0 spiro atoms. The Kier molecular flexibility index (Phi) is 5.57. The van der Waals surface area contributed by atoms with Gasteiger partial charge in [0.15, 0.2) is 5.65 Å². The lowest BCUT2D eigenvalue weighted by Gasteiger charge is -2.12. The number of nitrogens with one attached hydrogen (secondary N) is 2. The lowest BCUT2D eigenvalue weighted by molar-refractivity contribution is -0.116. The van der Waals surface area contributed by atoms with Crippen molar-refractivity contribution in [2.45, 2.75) is 32.2 Å². The molecule has 5 rings (SSSR count). The molecule has 4 heterocycles. The summed E-state index contributed by atoms with van der Waals surface area (Å²) in [7, 11) is 0. The van der Waals surface area contributed by atoms with Crippen LogP contribution in [-0.4, -0.2) is 37.2 Å². The van der Waals surface area contributed by atoms with Crippen molar-refractivity contribution in [2.75, 3.05) is 17.2 Å². The predicted octanol–water partition coefficient (Wildman–Crippen LogP) is 4.13. The average molecular weight is 492 g/mol. The molecular formula is C23H22BrN7O. The number of hydrogen-bond donors (Lipinski definition) is 2. The van der Waals surface area contributed by atoms with Crippen LogP contribution in [0.2, 0.25) is 0 Å². The molecule has 0 fully saturated rings. The van der Waals surface area contributed by atoms with Gasteiger partial charge in [0.1, 0.15) is 5.92 Å². The topological polar surface area (TPSA) is 97.6 Å². The van der Waals surface area contributed by atoms with Gasteiger partial charge >= 0.3 is 0 Å². The molecule has 1 aliphatic heterocycles. The number of benzene rings is 1. The van der Waals surface area contributed by atoms with Crippen molar-refractivity contribution in [3.63, 3.8) is 0 Å². The van der Waals surface area contributed by atoms with Gasteiger partial charge in [0.2, 0.25) is 11.9 Å². The van der Waals surface area contributed by atoms with Crippen LogP contribution in [0.15, 0.2) is 53.3 Å². The van der Waals surface area contributed by atoms with Gasteiger partial charge in [-0.15, -0.1) is 0 Å². The maximum atomic E-state index is 13.0. The quantitative estimate of drug-likeness (QED) is 0.403. The zero-order valence-corrected chi connectivity index (χ0v) is 19.1. The molecule has 0 aliphatic carbocycles. The van der Waals surface area contributed by atoms with Crippen LogP contribution in [-0.2, 0) is 17.8 Å². The van der Waals surface area contributed by atoms with Crippen LogP contribution in [0.1, 0.15) is 36.2 Å². The van der Waals surface area contributed by atoms with Crippen LogP contribution in [0.4, 0.5) is 11.6 Å². The first-order valence-electron chi connectivity index (χ1n) is 10.6. The van der Waals surface area contributed by atoms with E-state index in [4.69, 9.17) is 4.98 Å². The monoisotopic (exact) mass is 491 g/mol. The molecule has 0 bridgehead atoms. The van der Waals surface area contributed by atoms with Gasteiger partial charge in [-0.2, -0.15) is 10.1 Å². The van der Waals surface area contributed by atoms with Gasteiger partial charge < -0.3 is 10.6 Å². The summed E-state index contributed by atoms with van der Waals surface area (Å²) in [5.41, 5.74) is 3.93. The minimum atomic E-state index is -0.524. The van der Waals surface area contributed by atoms with E-state index in [0.717, 1.165) is 46.2 Å². The summed E-state index contributed by atoms with van der Waals surface area (Å²) in [6, 6.07) is 11.6. The second-order valence-corrected chi connectivity index (χ2v) is 8.63. The summed E-state index contributed by atoms with van der Waals surface area (Å²) in [5.74, 6) is -0.161. The van der Waals surface area contributed by atoms with E-state index in [1.54, 1.807) is 6.20 Å². The van der Waals surface area contributed by atoms with Gasteiger partial charge in [-0.25, -0.2) is 4.98 Å². The van der Waals surface area contributed by atoms with Crippen molar-refractivity contribution in [1.29, 1.82) is 0 Å². The van der Waals surface area contributed by atoms with Crippen LogP contribution in [0, 0.1) is 0 Å². The summed E-state index contributed by atoms with van der Waals surface area (Å²) in [4.78, 5) is 26.8. The smallest absolute Gasteiger partial charge is 0.238 e. The number of carbonyl (C=O) groups excluding carboxylic acids is 1. The lowest BCUT2D eigenvalue weighted by atomic mass is 9.95.